The number of aromatic nitrogens is 5. The molecule has 3 aromatic heterocycles. The molecule has 0 radical (unpaired) electrons. The first-order valence-electron chi connectivity index (χ1n) is 9.03. The Kier molecular flexibility index (Phi) is 3.53. The molecule has 0 bridgehead atoms. The van der Waals surface area contributed by atoms with Gasteiger partial charge in [0.05, 0.1) is 5.39 Å². The Morgan fingerprint density at radius 3 is 2.30 bits per heavy atom. The van der Waals surface area contributed by atoms with Crippen molar-refractivity contribution < 1.29 is 0 Å². The van der Waals surface area contributed by atoms with E-state index in [9.17, 15) is 0 Å². The van der Waals surface area contributed by atoms with Crippen LogP contribution in [-0.2, 0) is 6.42 Å². The van der Waals surface area contributed by atoms with Gasteiger partial charge in [-0.1, -0.05) is 48.5 Å². The zero-order valence-electron chi connectivity index (χ0n) is 15.3. The number of fused-ring (bicyclic) bond motifs is 3. The molecule has 27 heavy (non-hydrogen) atoms. The number of para-hydroxylation sites is 1. The summed E-state index contributed by atoms with van der Waals surface area (Å²) in [5.74, 6) is 0.806. The van der Waals surface area contributed by atoms with E-state index in [1.54, 1.807) is 10.8 Å². The molecule has 3 heterocycles. The van der Waals surface area contributed by atoms with Crippen molar-refractivity contribution in [2.45, 2.75) is 20.3 Å². The summed E-state index contributed by atoms with van der Waals surface area (Å²) in [6.07, 6.45) is 2.47. The Morgan fingerprint density at radius 1 is 0.852 bits per heavy atom. The van der Waals surface area contributed by atoms with Crippen molar-refractivity contribution in [3.8, 4) is 5.69 Å². The number of hydrogen-bond donors (Lipinski definition) is 0. The van der Waals surface area contributed by atoms with Gasteiger partial charge in [-0.2, -0.15) is 0 Å². The topological polar surface area (TPSA) is 48.0 Å². The van der Waals surface area contributed by atoms with E-state index >= 15 is 0 Å². The van der Waals surface area contributed by atoms with E-state index in [-0.39, 0.29) is 0 Å². The molecule has 0 atom stereocenters. The number of aryl methyl sites for hydroxylation is 1. The van der Waals surface area contributed by atoms with Gasteiger partial charge in [0.25, 0.3) is 0 Å². The van der Waals surface area contributed by atoms with E-state index in [0.29, 0.717) is 6.42 Å². The molecule has 0 spiro atoms. The Balaban J connectivity index is 1.71. The van der Waals surface area contributed by atoms with Gasteiger partial charge < -0.3 is 0 Å². The smallest absolute Gasteiger partial charge is 0.168 e. The van der Waals surface area contributed by atoms with Crippen LogP contribution in [0.4, 0.5) is 0 Å². The fourth-order valence-corrected chi connectivity index (χ4v) is 3.65. The van der Waals surface area contributed by atoms with Crippen LogP contribution in [0.5, 0.6) is 0 Å². The second-order valence-corrected chi connectivity index (χ2v) is 6.78. The van der Waals surface area contributed by atoms with Gasteiger partial charge in [-0.25, -0.2) is 14.5 Å². The summed E-state index contributed by atoms with van der Waals surface area (Å²) in [6.45, 7) is 4.26. The molecule has 5 nitrogen and oxygen atoms in total. The highest BCUT2D eigenvalue weighted by Gasteiger charge is 2.18. The van der Waals surface area contributed by atoms with Gasteiger partial charge in [-0.05, 0) is 37.1 Å². The normalized spacial score (nSPS) is 11.5. The number of benzene rings is 2. The largest absolute Gasteiger partial charge is 0.298 e. The van der Waals surface area contributed by atoms with Crippen LogP contribution in [0.25, 0.3) is 22.4 Å². The van der Waals surface area contributed by atoms with Crippen molar-refractivity contribution in [2.75, 3.05) is 0 Å². The first kappa shape index (κ1) is 15.8. The highest BCUT2D eigenvalue weighted by atomic mass is 15.3. The van der Waals surface area contributed by atoms with Crippen molar-refractivity contribution in [2.24, 2.45) is 0 Å². The van der Waals surface area contributed by atoms with Crippen LogP contribution in [-0.4, -0.2) is 24.1 Å². The lowest BCUT2D eigenvalue weighted by molar-refractivity contribution is 0.879. The van der Waals surface area contributed by atoms with Gasteiger partial charge >= 0.3 is 0 Å². The van der Waals surface area contributed by atoms with Gasteiger partial charge in [0.15, 0.2) is 17.1 Å². The second kappa shape index (κ2) is 6.06. The average Bonchev–Trinajstić information content (AvgIpc) is 3.21. The lowest BCUT2D eigenvalue weighted by Crippen LogP contribution is -1.99. The molecule has 0 aliphatic heterocycles. The number of rotatable bonds is 3. The van der Waals surface area contributed by atoms with Crippen molar-refractivity contribution in [1.82, 2.24) is 24.1 Å². The molecule has 2 aromatic carbocycles. The summed E-state index contributed by atoms with van der Waals surface area (Å²) in [5, 5.41) is 5.71. The van der Waals surface area contributed by atoms with Crippen LogP contribution < -0.4 is 0 Å². The van der Waals surface area contributed by atoms with E-state index in [4.69, 9.17) is 9.97 Å². The molecule has 5 rings (SSSR count). The van der Waals surface area contributed by atoms with Crippen LogP contribution in [0.3, 0.4) is 0 Å². The maximum absolute atomic E-state index is 4.84. The molecule has 0 saturated carbocycles. The summed E-state index contributed by atoms with van der Waals surface area (Å²) < 4.78 is 3.98. The van der Waals surface area contributed by atoms with Crippen LogP contribution in [0.2, 0.25) is 0 Å². The van der Waals surface area contributed by atoms with Gasteiger partial charge in [-0.15, -0.1) is 5.10 Å². The molecule has 5 aromatic rings. The lowest BCUT2D eigenvalue weighted by atomic mass is 10.1. The molecule has 0 aliphatic carbocycles. The second-order valence-electron chi connectivity index (χ2n) is 6.78. The Bertz CT molecular complexity index is 1250. The van der Waals surface area contributed by atoms with E-state index in [0.717, 1.165) is 28.2 Å². The lowest BCUT2D eigenvalue weighted by Gasteiger charge is -2.07. The third kappa shape index (κ3) is 2.51. The monoisotopic (exact) mass is 353 g/mol. The first-order valence-corrected chi connectivity index (χ1v) is 9.03. The predicted octanol–water partition coefficient (Wildman–Crippen LogP) is 4.28. The maximum Gasteiger partial charge on any atom is 0.168 e. The van der Waals surface area contributed by atoms with Gasteiger partial charge in [-0.3, -0.25) is 4.57 Å². The molecule has 0 amide bonds. The van der Waals surface area contributed by atoms with Crippen molar-refractivity contribution in [1.29, 1.82) is 0 Å². The van der Waals surface area contributed by atoms with Crippen LogP contribution in [0.15, 0.2) is 67.0 Å². The Labute approximate surface area is 156 Å². The van der Waals surface area contributed by atoms with Crippen LogP contribution in [0, 0.1) is 13.8 Å². The Hall–Kier alpha value is -3.47. The summed E-state index contributed by atoms with van der Waals surface area (Å²) in [5.41, 5.74) is 6.44. The van der Waals surface area contributed by atoms with E-state index < -0.39 is 0 Å². The minimum absolute atomic E-state index is 0.710. The van der Waals surface area contributed by atoms with Gasteiger partial charge in [0.2, 0.25) is 0 Å². The highest BCUT2D eigenvalue weighted by molar-refractivity contribution is 5.94. The van der Waals surface area contributed by atoms with E-state index in [1.807, 2.05) is 36.4 Å². The minimum atomic E-state index is 0.710. The molecule has 0 saturated heterocycles. The van der Waals surface area contributed by atoms with Crippen LogP contribution >= 0.6 is 0 Å². The van der Waals surface area contributed by atoms with Crippen molar-refractivity contribution >= 4 is 16.7 Å². The third-order valence-electron chi connectivity index (χ3n) is 5.10. The third-order valence-corrected chi connectivity index (χ3v) is 5.10. The molecule has 5 heteroatoms. The zero-order valence-corrected chi connectivity index (χ0v) is 15.3. The first-order chi connectivity index (χ1) is 13.2. The maximum atomic E-state index is 4.84. The molecule has 0 unspecified atom stereocenters. The molecular weight excluding hydrogens is 334 g/mol. The fraction of sp³-hybridized carbons (Fsp3) is 0.136. The molecule has 132 valence electrons. The molecule has 0 fully saturated rings. The SMILES string of the molecule is Cc1c(C)n(-c2ccccc2)c2ncn3nc(Cc4ccccc4)nc3c12. The minimum Gasteiger partial charge on any atom is -0.298 e. The highest BCUT2D eigenvalue weighted by Crippen LogP contribution is 2.29. The quantitative estimate of drug-likeness (QED) is 0.486. The standard InChI is InChI=1S/C22H19N5/c1-15-16(2)27(18-11-7-4-8-12-18)21-20(15)22-24-19(25-26(22)14-23-21)13-17-9-5-3-6-10-17/h3-12,14H,13H2,1-2H3. The van der Waals surface area contributed by atoms with Crippen molar-refractivity contribution in [3.63, 3.8) is 0 Å². The van der Waals surface area contributed by atoms with Crippen LogP contribution in [0.1, 0.15) is 22.6 Å². The molecule has 0 N–H and O–H groups in total. The predicted molar refractivity (Wildman–Crippen MR) is 106 cm³/mol. The number of hydrogen-bond acceptors (Lipinski definition) is 3. The Morgan fingerprint density at radius 2 is 1.56 bits per heavy atom. The molecular formula is C22H19N5. The summed E-state index contributed by atoms with van der Waals surface area (Å²) >= 11 is 0. The summed E-state index contributed by atoms with van der Waals surface area (Å²) in [7, 11) is 0. The van der Waals surface area contributed by atoms with Gasteiger partial charge in [0, 0.05) is 17.8 Å². The summed E-state index contributed by atoms with van der Waals surface area (Å²) in [4.78, 5) is 9.55. The van der Waals surface area contributed by atoms with E-state index in [1.165, 1.54) is 16.8 Å². The number of nitrogens with zero attached hydrogens (tertiary/aromatic N) is 5. The summed E-state index contributed by atoms with van der Waals surface area (Å²) in [6, 6.07) is 20.6. The average molecular weight is 353 g/mol. The molecule has 0 aliphatic rings. The van der Waals surface area contributed by atoms with Crippen molar-refractivity contribution in [3.05, 3.63) is 89.6 Å². The van der Waals surface area contributed by atoms with Gasteiger partial charge in [0.1, 0.15) is 6.33 Å². The fourth-order valence-electron chi connectivity index (χ4n) is 3.65. The zero-order chi connectivity index (χ0) is 18.4. The van der Waals surface area contributed by atoms with E-state index in [2.05, 4.69) is 47.8 Å².